The smallest absolute Gasteiger partial charge is 0.181 e. The van der Waals surface area contributed by atoms with Crippen molar-refractivity contribution in [3.63, 3.8) is 0 Å². The summed E-state index contributed by atoms with van der Waals surface area (Å²) in [6, 6.07) is 14.1. The first-order valence-electron chi connectivity index (χ1n) is 8.76. The molecule has 0 bridgehead atoms. The number of rotatable bonds is 6. The Hall–Kier alpha value is -2.89. The summed E-state index contributed by atoms with van der Waals surface area (Å²) in [6.07, 6.45) is 0.824. The third-order valence-electron chi connectivity index (χ3n) is 4.83. The van der Waals surface area contributed by atoms with Gasteiger partial charge in [0, 0.05) is 5.69 Å². The number of aromatic nitrogens is 4. The van der Waals surface area contributed by atoms with Crippen LogP contribution in [0.2, 0.25) is 0 Å². The Balaban J connectivity index is 2.02. The van der Waals surface area contributed by atoms with Crippen molar-refractivity contribution in [2.24, 2.45) is 0 Å². The number of aryl methyl sites for hydroxylation is 2. The first-order chi connectivity index (χ1) is 12.5. The van der Waals surface area contributed by atoms with E-state index >= 15 is 0 Å². The Morgan fingerprint density at radius 3 is 2.31 bits per heavy atom. The molecule has 3 aromatic rings. The van der Waals surface area contributed by atoms with E-state index in [1.807, 2.05) is 35.0 Å². The second-order valence-electron chi connectivity index (χ2n) is 6.69. The lowest BCUT2D eigenvalue weighted by molar-refractivity contribution is 0.414. The fourth-order valence-corrected chi connectivity index (χ4v) is 3.12. The molecule has 1 heterocycles. The number of nitrogens with one attached hydrogen (secondary N) is 1. The van der Waals surface area contributed by atoms with Crippen LogP contribution in [0.5, 0.6) is 5.75 Å². The molecule has 0 saturated heterocycles. The van der Waals surface area contributed by atoms with Crippen LogP contribution >= 0.6 is 0 Å². The second-order valence-corrected chi connectivity index (χ2v) is 6.69. The first kappa shape index (κ1) is 17.9. The molecule has 1 aromatic heterocycles. The van der Waals surface area contributed by atoms with Gasteiger partial charge in [-0.15, -0.1) is 5.10 Å². The minimum absolute atomic E-state index is 0.424. The average molecular weight is 351 g/mol. The van der Waals surface area contributed by atoms with Crippen LogP contribution in [0.3, 0.4) is 0 Å². The van der Waals surface area contributed by atoms with Crippen molar-refractivity contribution in [2.45, 2.75) is 39.7 Å². The van der Waals surface area contributed by atoms with E-state index < -0.39 is 5.54 Å². The Labute approximate surface area is 154 Å². The van der Waals surface area contributed by atoms with Gasteiger partial charge < -0.3 is 10.1 Å². The molecule has 0 fully saturated rings. The van der Waals surface area contributed by atoms with E-state index in [2.05, 4.69) is 60.7 Å². The highest BCUT2D eigenvalue weighted by molar-refractivity contribution is 5.51. The lowest BCUT2D eigenvalue weighted by Crippen LogP contribution is -2.34. The molecule has 26 heavy (non-hydrogen) atoms. The van der Waals surface area contributed by atoms with E-state index in [9.17, 15) is 0 Å². The Morgan fingerprint density at radius 2 is 1.73 bits per heavy atom. The van der Waals surface area contributed by atoms with Crippen LogP contribution in [-0.2, 0) is 5.54 Å². The Kier molecular flexibility index (Phi) is 4.93. The highest BCUT2D eigenvalue weighted by Crippen LogP contribution is 2.31. The summed E-state index contributed by atoms with van der Waals surface area (Å²) in [5, 5.41) is 16.2. The summed E-state index contributed by atoms with van der Waals surface area (Å²) < 4.78 is 7.09. The molecule has 0 aliphatic carbocycles. The van der Waals surface area contributed by atoms with E-state index in [0.717, 1.165) is 40.5 Å². The normalized spacial score (nSPS) is 13.3. The van der Waals surface area contributed by atoms with Crippen LogP contribution in [0.4, 0.5) is 5.69 Å². The van der Waals surface area contributed by atoms with Crippen LogP contribution in [0, 0.1) is 13.8 Å². The zero-order chi connectivity index (χ0) is 18.7. The predicted octanol–water partition coefficient (Wildman–Crippen LogP) is 4.03. The largest absolute Gasteiger partial charge is 0.497 e. The van der Waals surface area contributed by atoms with Gasteiger partial charge in [0.2, 0.25) is 0 Å². The quantitative estimate of drug-likeness (QED) is 0.726. The Bertz CT molecular complexity index is 867. The summed E-state index contributed by atoms with van der Waals surface area (Å²) in [7, 11) is 1.66. The number of benzene rings is 2. The topological polar surface area (TPSA) is 64.9 Å². The lowest BCUT2D eigenvalue weighted by Gasteiger charge is -2.30. The standard InChI is InChI=1S/C20H25N5O/c1-6-20(4,21-16-10-12-17(26-5)13-11-16)19-22-23-24-25(19)18-14(2)8-7-9-15(18)3/h7-13,21H,6H2,1-5H3/t20-/m1/s1. The summed E-state index contributed by atoms with van der Waals surface area (Å²) in [5.41, 5.74) is 3.88. The molecule has 1 atom stereocenters. The number of hydrogen-bond acceptors (Lipinski definition) is 5. The van der Waals surface area contributed by atoms with Crippen molar-refractivity contribution in [1.82, 2.24) is 20.2 Å². The number of anilines is 1. The summed E-state index contributed by atoms with van der Waals surface area (Å²) in [5.74, 6) is 1.61. The van der Waals surface area contributed by atoms with E-state index in [1.165, 1.54) is 0 Å². The van der Waals surface area contributed by atoms with Crippen molar-refractivity contribution in [3.8, 4) is 11.4 Å². The van der Waals surface area contributed by atoms with E-state index in [4.69, 9.17) is 4.74 Å². The number of nitrogens with zero attached hydrogens (tertiary/aromatic N) is 4. The maximum atomic E-state index is 5.24. The molecule has 0 saturated carbocycles. The third-order valence-corrected chi connectivity index (χ3v) is 4.83. The third kappa shape index (κ3) is 3.27. The molecule has 0 aliphatic heterocycles. The maximum absolute atomic E-state index is 5.24. The van der Waals surface area contributed by atoms with Crippen molar-refractivity contribution >= 4 is 5.69 Å². The highest BCUT2D eigenvalue weighted by Gasteiger charge is 2.32. The molecule has 3 rings (SSSR count). The van der Waals surface area contributed by atoms with Gasteiger partial charge in [-0.3, -0.25) is 0 Å². The monoisotopic (exact) mass is 351 g/mol. The van der Waals surface area contributed by atoms with Gasteiger partial charge in [0.25, 0.3) is 0 Å². The van der Waals surface area contributed by atoms with Crippen LogP contribution in [-0.4, -0.2) is 27.3 Å². The van der Waals surface area contributed by atoms with Crippen LogP contribution in [0.15, 0.2) is 42.5 Å². The number of tetrazole rings is 1. The second kappa shape index (κ2) is 7.15. The first-order valence-corrected chi connectivity index (χ1v) is 8.76. The molecule has 6 heteroatoms. The van der Waals surface area contributed by atoms with Crippen LogP contribution < -0.4 is 10.1 Å². The van der Waals surface area contributed by atoms with Crippen molar-refractivity contribution in [3.05, 3.63) is 59.4 Å². The van der Waals surface area contributed by atoms with Gasteiger partial charge in [0.05, 0.1) is 18.3 Å². The lowest BCUT2D eigenvalue weighted by atomic mass is 9.96. The van der Waals surface area contributed by atoms with E-state index in [-0.39, 0.29) is 0 Å². The number of ether oxygens (including phenoxy) is 1. The van der Waals surface area contributed by atoms with Crippen LogP contribution in [0.1, 0.15) is 37.2 Å². The van der Waals surface area contributed by atoms with Crippen molar-refractivity contribution < 1.29 is 4.74 Å². The van der Waals surface area contributed by atoms with Gasteiger partial charge in [0.15, 0.2) is 5.82 Å². The Morgan fingerprint density at radius 1 is 1.08 bits per heavy atom. The highest BCUT2D eigenvalue weighted by atomic mass is 16.5. The summed E-state index contributed by atoms with van der Waals surface area (Å²) in [4.78, 5) is 0. The molecule has 0 spiro atoms. The average Bonchev–Trinajstić information content (AvgIpc) is 3.12. The molecule has 0 radical (unpaired) electrons. The molecule has 0 unspecified atom stereocenters. The van der Waals surface area contributed by atoms with E-state index in [1.54, 1.807) is 7.11 Å². The van der Waals surface area contributed by atoms with Gasteiger partial charge in [0.1, 0.15) is 5.75 Å². The van der Waals surface area contributed by atoms with Gasteiger partial charge in [-0.1, -0.05) is 25.1 Å². The molecule has 0 aliphatic rings. The predicted molar refractivity (Wildman–Crippen MR) is 103 cm³/mol. The van der Waals surface area contributed by atoms with Crippen molar-refractivity contribution in [2.75, 3.05) is 12.4 Å². The summed E-state index contributed by atoms with van der Waals surface area (Å²) in [6.45, 7) is 8.40. The van der Waals surface area contributed by atoms with E-state index in [0.29, 0.717) is 0 Å². The molecule has 0 amide bonds. The molecular formula is C20H25N5O. The minimum Gasteiger partial charge on any atom is -0.497 e. The zero-order valence-corrected chi connectivity index (χ0v) is 15.9. The zero-order valence-electron chi connectivity index (χ0n) is 15.9. The van der Waals surface area contributed by atoms with Gasteiger partial charge in [-0.2, -0.15) is 4.68 Å². The molecule has 1 N–H and O–H groups in total. The van der Waals surface area contributed by atoms with Crippen LogP contribution in [0.25, 0.3) is 5.69 Å². The van der Waals surface area contributed by atoms with Gasteiger partial charge >= 0.3 is 0 Å². The van der Waals surface area contributed by atoms with Crippen molar-refractivity contribution in [1.29, 1.82) is 0 Å². The molecular weight excluding hydrogens is 326 g/mol. The number of methoxy groups -OCH3 is 1. The van der Waals surface area contributed by atoms with Gasteiger partial charge in [-0.05, 0) is 73.0 Å². The number of para-hydroxylation sites is 1. The maximum Gasteiger partial charge on any atom is 0.181 e. The molecule has 136 valence electrons. The number of hydrogen-bond donors (Lipinski definition) is 1. The fourth-order valence-electron chi connectivity index (χ4n) is 3.12. The SMILES string of the molecule is CC[C@@](C)(Nc1ccc(OC)cc1)c1nnnn1-c1c(C)cccc1C. The fraction of sp³-hybridized carbons (Fsp3) is 0.350. The van der Waals surface area contributed by atoms with Gasteiger partial charge in [-0.25, -0.2) is 0 Å². The molecule has 6 nitrogen and oxygen atoms in total. The molecule has 2 aromatic carbocycles. The minimum atomic E-state index is -0.424. The summed E-state index contributed by atoms with van der Waals surface area (Å²) >= 11 is 0.